The molecule has 1 fully saturated rings. The molecule has 0 aliphatic heterocycles. The lowest BCUT2D eigenvalue weighted by Gasteiger charge is -2.26. The SMILES string of the molecule is CC(C)C(Sc1nnc(-c2ccco2)n1C1CCCCC1)C(=O)NC(N)=O. The van der Waals surface area contributed by atoms with Crippen LogP contribution in [-0.2, 0) is 4.79 Å². The lowest BCUT2D eigenvalue weighted by atomic mass is 9.95. The van der Waals surface area contributed by atoms with Crippen LogP contribution in [0.5, 0.6) is 0 Å². The van der Waals surface area contributed by atoms with Crippen molar-refractivity contribution in [2.45, 2.75) is 62.4 Å². The molecule has 1 aliphatic rings. The molecular weight excluding hydrogens is 366 g/mol. The summed E-state index contributed by atoms with van der Waals surface area (Å²) in [5.41, 5.74) is 5.11. The minimum Gasteiger partial charge on any atom is -0.461 e. The summed E-state index contributed by atoms with van der Waals surface area (Å²) in [6, 6.07) is 3.09. The van der Waals surface area contributed by atoms with Gasteiger partial charge in [0.2, 0.25) is 11.7 Å². The van der Waals surface area contributed by atoms with E-state index >= 15 is 0 Å². The summed E-state index contributed by atoms with van der Waals surface area (Å²) >= 11 is 1.31. The van der Waals surface area contributed by atoms with Crippen molar-refractivity contribution >= 4 is 23.7 Å². The van der Waals surface area contributed by atoms with Gasteiger partial charge in [-0.25, -0.2) is 4.79 Å². The second-order valence-electron chi connectivity index (χ2n) is 7.08. The highest BCUT2D eigenvalue weighted by Gasteiger charge is 2.30. The first-order valence-electron chi connectivity index (χ1n) is 9.23. The van der Waals surface area contributed by atoms with Gasteiger partial charge in [0, 0.05) is 6.04 Å². The Morgan fingerprint density at radius 3 is 2.63 bits per heavy atom. The summed E-state index contributed by atoms with van der Waals surface area (Å²) in [6.45, 7) is 3.85. The second-order valence-corrected chi connectivity index (χ2v) is 8.19. The predicted octanol–water partition coefficient (Wildman–Crippen LogP) is 3.35. The van der Waals surface area contributed by atoms with Crippen molar-refractivity contribution < 1.29 is 14.0 Å². The fraction of sp³-hybridized carbons (Fsp3) is 0.556. The Hall–Kier alpha value is -2.29. The van der Waals surface area contributed by atoms with Crippen molar-refractivity contribution in [1.82, 2.24) is 20.1 Å². The van der Waals surface area contributed by atoms with Crippen molar-refractivity contribution in [2.75, 3.05) is 0 Å². The molecule has 0 bridgehead atoms. The van der Waals surface area contributed by atoms with Gasteiger partial charge in [0.1, 0.15) is 0 Å². The van der Waals surface area contributed by atoms with Gasteiger partial charge in [0.15, 0.2) is 10.9 Å². The van der Waals surface area contributed by atoms with E-state index in [1.165, 1.54) is 18.2 Å². The lowest BCUT2D eigenvalue weighted by molar-refractivity contribution is -0.120. The van der Waals surface area contributed by atoms with Gasteiger partial charge in [-0.1, -0.05) is 44.9 Å². The third kappa shape index (κ3) is 4.52. The van der Waals surface area contributed by atoms with E-state index in [0.717, 1.165) is 25.7 Å². The van der Waals surface area contributed by atoms with Gasteiger partial charge in [-0.3, -0.25) is 14.7 Å². The van der Waals surface area contributed by atoms with Crippen LogP contribution in [0.3, 0.4) is 0 Å². The molecule has 1 aliphatic carbocycles. The minimum absolute atomic E-state index is 0.0158. The standard InChI is InChI=1S/C18H25N5O3S/c1-11(2)14(16(24)20-17(19)25)27-18-22-21-15(13-9-6-10-26-13)23(18)12-7-4-3-5-8-12/h6,9-12,14H,3-5,7-8H2,1-2H3,(H3,19,20,24,25). The highest BCUT2D eigenvalue weighted by molar-refractivity contribution is 8.00. The van der Waals surface area contributed by atoms with Crippen molar-refractivity contribution in [3.8, 4) is 11.6 Å². The van der Waals surface area contributed by atoms with Crippen molar-refractivity contribution in [1.29, 1.82) is 0 Å². The van der Waals surface area contributed by atoms with E-state index in [9.17, 15) is 9.59 Å². The average Bonchev–Trinajstić information content (AvgIpc) is 3.28. The van der Waals surface area contributed by atoms with Gasteiger partial charge in [-0.05, 0) is 30.9 Å². The van der Waals surface area contributed by atoms with Crippen LogP contribution in [0.2, 0.25) is 0 Å². The molecule has 0 radical (unpaired) electrons. The Kier molecular flexibility index (Phi) is 6.20. The Morgan fingerprint density at radius 2 is 2.04 bits per heavy atom. The fourth-order valence-electron chi connectivity index (χ4n) is 3.40. The monoisotopic (exact) mass is 391 g/mol. The zero-order chi connectivity index (χ0) is 19.4. The summed E-state index contributed by atoms with van der Waals surface area (Å²) in [5, 5.41) is 11.0. The third-order valence-electron chi connectivity index (χ3n) is 4.69. The fourth-order valence-corrected chi connectivity index (χ4v) is 4.50. The van der Waals surface area contributed by atoms with Crippen LogP contribution in [0.25, 0.3) is 11.6 Å². The van der Waals surface area contributed by atoms with Crippen molar-refractivity contribution in [3.05, 3.63) is 18.4 Å². The van der Waals surface area contributed by atoms with Crippen LogP contribution in [0.1, 0.15) is 52.0 Å². The summed E-state index contributed by atoms with van der Waals surface area (Å²) in [5.74, 6) is 0.896. The Labute approximate surface area is 162 Å². The molecule has 3 rings (SSSR count). The van der Waals surface area contributed by atoms with Gasteiger partial charge in [-0.2, -0.15) is 0 Å². The van der Waals surface area contributed by atoms with E-state index in [1.807, 2.05) is 26.0 Å². The normalized spacial score (nSPS) is 16.4. The Bertz CT molecular complexity index is 781. The number of furan rings is 1. The molecule has 1 atom stereocenters. The van der Waals surface area contributed by atoms with E-state index in [2.05, 4.69) is 20.1 Å². The lowest BCUT2D eigenvalue weighted by Crippen LogP contribution is -2.42. The quantitative estimate of drug-likeness (QED) is 0.730. The first-order chi connectivity index (χ1) is 13.0. The van der Waals surface area contributed by atoms with Gasteiger partial charge in [0.05, 0.1) is 11.5 Å². The molecule has 1 unspecified atom stereocenters. The first-order valence-corrected chi connectivity index (χ1v) is 10.1. The zero-order valence-electron chi connectivity index (χ0n) is 15.6. The second kappa shape index (κ2) is 8.60. The molecule has 9 heteroatoms. The van der Waals surface area contributed by atoms with Crippen molar-refractivity contribution in [3.63, 3.8) is 0 Å². The number of rotatable bonds is 6. The molecule has 3 amide bonds. The highest BCUT2D eigenvalue weighted by Crippen LogP contribution is 2.37. The molecule has 27 heavy (non-hydrogen) atoms. The number of hydrogen-bond acceptors (Lipinski definition) is 6. The number of imide groups is 1. The molecule has 0 spiro atoms. The number of carbonyl (C=O) groups is 2. The number of primary amides is 1. The number of thioether (sulfide) groups is 1. The van der Waals surface area contributed by atoms with Crippen LogP contribution < -0.4 is 11.1 Å². The van der Waals surface area contributed by atoms with Gasteiger partial charge < -0.3 is 10.2 Å². The minimum atomic E-state index is -0.851. The van der Waals surface area contributed by atoms with Crippen molar-refractivity contribution in [2.24, 2.45) is 11.7 Å². The number of amides is 3. The van der Waals surface area contributed by atoms with Gasteiger partial charge >= 0.3 is 6.03 Å². The third-order valence-corrected chi connectivity index (χ3v) is 6.19. The molecular formula is C18H25N5O3S. The maximum absolute atomic E-state index is 12.4. The van der Waals surface area contributed by atoms with E-state index in [1.54, 1.807) is 6.26 Å². The summed E-state index contributed by atoms with van der Waals surface area (Å²) < 4.78 is 7.64. The maximum atomic E-state index is 12.4. The van der Waals surface area contributed by atoms with E-state index in [-0.39, 0.29) is 12.0 Å². The van der Waals surface area contributed by atoms with E-state index in [4.69, 9.17) is 10.2 Å². The van der Waals surface area contributed by atoms with Crippen LogP contribution in [0.15, 0.2) is 28.0 Å². The number of nitrogens with two attached hydrogens (primary N) is 1. The number of urea groups is 1. The topological polar surface area (TPSA) is 116 Å². The number of nitrogens with one attached hydrogen (secondary N) is 1. The van der Waals surface area contributed by atoms with Crippen LogP contribution in [-0.4, -0.2) is 32.0 Å². The predicted molar refractivity (Wildman–Crippen MR) is 102 cm³/mol. The van der Waals surface area contributed by atoms with E-state index in [0.29, 0.717) is 16.7 Å². The molecule has 146 valence electrons. The molecule has 1 saturated carbocycles. The van der Waals surface area contributed by atoms with Crippen LogP contribution >= 0.6 is 11.8 Å². The smallest absolute Gasteiger partial charge is 0.318 e. The number of aromatic nitrogens is 3. The summed E-state index contributed by atoms with van der Waals surface area (Å²) in [7, 11) is 0. The molecule has 0 aromatic carbocycles. The molecule has 8 nitrogen and oxygen atoms in total. The first kappa shape index (κ1) is 19.5. The largest absolute Gasteiger partial charge is 0.461 e. The molecule has 2 heterocycles. The summed E-state index contributed by atoms with van der Waals surface area (Å²) in [6.07, 6.45) is 7.23. The number of nitrogens with zero attached hydrogens (tertiary/aromatic N) is 3. The molecule has 0 saturated heterocycles. The molecule has 2 aromatic rings. The van der Waals surface area contributed by atoms with Crippen LogP contribution in [0.4, 0.5) is 4.79 Å². The van der Waals surface area contributed by atoms with Gasteiger partial charge in [0.25, 0.3) is 0 Å². The summed E-state index contributed by atoms with van der Waals surface area (Å²) in [4.78, 5) is 23.5. The van der Waals surface area contributed by atoms with E-state index < -0.39 is 17.2 Å². The highest BCUT2D eigenvalue weighted by atomic mass is 32.2. The van der Waals surface area contributed by atoms with Gasteiger partial charge in [-0.15, -0.1) is 10.2 Å². The number of carbonyl (C=O) groups excluding carboxylic acids is 2. The average molecular weight is 391 g/mol. The Balaban J connectivity index is 1.94. The Morgan fingerprint density at radius 1 is 1.30 bits per heavy atom. The number of hydrogen-bond donors (Lipinski definition) is 2. The van der Waals surface area contributed by atoms with Crippen LogP contribution in [0, 0.1) is 5.92 Å². The molecule has 2 aromatic heterocycles. The zero-order valence-corrected chi connectivity index (χ0v) is 16.4. The maximum Gasteiger partial charge on any atom is 0.318 e. The molecule has 3 N–H and O–H groups in total.